The molecule has 0 aliphatic carbocycles. The Labute approximate surface area is 165 Å². The summed E-state index contributed by atoms with van der Waals surface area (Å²) in [6, 6.07) is 14.9. The molecule has 2 N–H and O–H groups in total. The summed E-state index contributed by atoms with van der Waals surface area (Å²) in [6.45, 7) is 1.28. The van der Waals surface area contributed by atoms with Gasteiger partial charge in [0.25, 0.3) is 5.91 Å². The van der Waals surface area contributed by atoms with Crippen molar-refractivity contribution in [2.24, 2.45) is 0 Å². The molecule has 0 radical (unpaired) electrons. The van der Waals surface area contributed by atoms with Gasteiger partial charge >= 0.3 is 0 Å². The fourth-order valence-corrected chi connectivity index (χ4v) is 2.66. The Morgan fingerprint density at radius 2 is 1.68 bits per heavy atom. The molecule has 0 saturated heterocycles. The monoisotopic (exact) mass is 385 g/mol. The van der Waals surface area contributed by atoms with Crippen LogP contribution in [-0.4, -0.2) is 52.7 Å². The molecule has 0 unspecified atom stereocenters. The summed E-state index contributed by atoms with van der Waals surface area (Å²) in [5, 5.41) is 5.42. The molecule has 0 heterocycles. The van der Waals surface area contributed by atoms with Gasteiger partial charge < -0.3 is 25.0 Å². The Morgan fingerprint density at radius 1 is 0.964 bits per heavy atom. The maximum absolute atomic E-state index is 12.2. The molecule has 0 aliphatic heterocycles. The highest BCUT2D eigenvalue weighted by molar-refractivity contribution is 5.97. The molecule has 0 saturated carbocycles. The maximum Gasteiger partial charge on any atom is 0.251 e. The van der Waals surface area contributed by atoms with Crippen LogP contribution < -0.4 is 25.0 Å². The molecule has 2 amide bonds. The van der Waals surface area contributed by atoms with Gasteiger partial charge in [-0.15, -0.1) is 0 Å². The number of ether oxygens (including phenoxy) is 2. The zero-order valence-corrected chi connectivity index (χ0v) is 16.5. The normalized spacial score (nSPS) is 10.1. The first-order chi connectivity index (χ1) is 13.5. The second-order valence-corrected chi connectivity index (χ2v) is 6.21. The van der Waals surface area contributed by atoms with E-state index < -0.39 is 0 Å². The molecule has 7 heteroatoms. The molecule has 0 aliphatic rings. The lowest BCUT2D eigenvalue weighted by atomic mass is 10.2. The predicted molar refractivity (Wildman–Crippen MR) is 109 cm³/mol. The van der Waals surface area contributed by atoms with Gasteiger partial charge in [0.2, 0.25) is 5.91 Å². The summed E-state index contributed by atoms with van der Waals surface area (Å²) in [6.07, 6.45) is 0.806. The molecule has 2 aromatic carbocycles. The van der Waals surface area contributed by atoms with Gasteiger partial charge in [-0.25, -0.2) is 0 Å². The topological polar surface area (TPSA) is 79.9 Å². The van der Waals surface area contributed by atoms with Gasteiger partial charge in [-0.3, -0.25) is 9.59 Å². The molecule has 0 spiro atoms. The van der Waals surface area contributed by atoms with Crippen LogP contribution in [0, 0.1) is 0 Å². The Hall–Kier alpha value is -3.22. The minimum Gasteiger partial charge on any atom is -0.493 e. The van der Waals surface area contributed by atoms with E-state index in [1.165, 1.54) is 14.2 Å². The largest absolute Gasteiger partial charge is 0.493 e. The van der Waals surface area contributed by atoms with Crippen molar-refractivity contribution in [3.8, 4) is 11.5 Å². The summed E-state index contributed by atoms with van der Waals surface area (Å²) in [4.78, 5) is 26.3. The summed E-state index contributed by atoms with van der Waals surface area (Å²) in [7, 11) is 5.04. The number of para-hydroxylation sites is 1. The fourth-order valence-electron chi connectivity index (χ4n) is 2.66. The Morgan fingerprint density at radius 3 is 2.36 bits per heavy atom. The van der Waals surface area contributed by atoms with Gasteiger partial charge in [-0.2, -0.15) is 0 Å². The number of carbonyl (C=O) groups excluding carboxylic acids is 2. The number of benzene rings is 2. The number of methoxy groups -OCH3 is 2. The number of rotatable bonds is 10. The first-order valence-electron chi connectivity index (χ1n) is 9.08. The lowest BCUT2D eigenvalue weighted by molar-refractivity contribution is -0.120. The van der Waals surface area contributed by atoms with Crippen LogP contribution in [-0.2, 0) is 4.79 Å². The maximum atomic E-state index is 12.2. The Balaban J connectivity index is 1.70. The standard InChI is InChI=1S/C21H27N3O4/c1-24(17-8-5-4-6-9-17)13-7-12-22-20(25)15-23-21(26)16-10-11-18(27-2)19(14-16)28-3/h4-6,8-11,14H,7,12-13,15H2,1-3H3,(H,22,25)(H,23,26). The van der Waals surface area contributed by atoms with E-state index in [1.807, 2.05) is 37.4 Å². The highest BCUT2D eigenvalue weighted by Crippen LogP contribution is 2.27. The van der Waals surface area contributed by atoms with Crippen LogP contribution in [0.2, 0.25) is 0 Å². The number of hydrogen-bond donors (Lipinski definition) is 2. The smallest absolute Gasteiger partial charge is 0.251 e. The van der Waals surface area contributed by atoms with Gasteiger partial charge in [0, 0.05) is 31.4 Å². The van der Waals surface area contributed by atoms with Crippen molar-refractivity contribution < 1.29 is 19.1 Å². The molecular formula is C21H27N3O4. The van der Waals surface area contributed by atoms with E-state index in [2.05, 4.69) is 15.5 Å². The zero-order chi connectivity index (χ0) is 20.4. The molecule has 0 atom stereocenters. The quantitative estimate of drug-likeness (QED) is 0.612. The molecule has 0 fully saturated rings. The van der Waals surface area contributed by atoms with Crippen LogP contribution in [0.4, 0.5) is 5.69 Å². The van der Waals surface area contributed by atoms with Gasteiger partial charge in [0.15, 0.2) is 11.5 Å². The molecule has 28 heavy (non-hydrogen) atoms. The van der Waals surface area contributed by atoms with Crippen molar-refractivity contribution in [1.82, 2.24) is 10.6 Å². The van der Waals surface area contributed by atoms with Crippen molar-refractivity contribution in [2.45, 2.75) is 6.42 Å². The zero-order valence-electron chi connectivity index (χ0n) is 16.5. The van der Waals surface area contributed by atoms with Crippen LogP contribution in [0.1, 0.15) is 16.8 Å². The van der Waals surface area contributed by atoms with Crippen molar-refractivity contribution in [2.75, 3.05) is 45.8 Å². The summed E-state index contributed by atoms with van der Waals surface area (Å²) >= 11 is 0. The van der Waals surface area contributed by atoms with Crippen molar-refractivity contribution in [3.05, 3.63) is 54.1 Å². The molecule has 0 aromatic heterocycles. The Bertz CT molecular complexity index is 780. The number of anilines is 1. The second-order valence-electron chi connectivity index (χ2n) is 6.21. The van der Waals surface area contributed by atoms with Crippen molar-refractivity contribution >= 4 is 17.5 Å². The summed E-state index contributed by atoms with van der Waals surface area (Å²) < 4.78 is 10.3. The molecule has 2 rings (SSSR count). The van der Waals surface area contributed by atoms with Gasteiger partial charge in [-0.05, 0) is 36.8 Å². The highest BCUT2D eigenvalue weighted by Gasteiger charge is 2.12. The van der Waals surface area contributed by atoms with Crippen molar-refractivity contribution in [3.63, 3.8) is 0 Å². The van der Waals surface area contributed by atoms with Gasteiger partial charge in [-0.1, -0.05) is 18.2 Å². The first kappa shape index (κ1) is 21.1. The van der Waals surface area contributed by atoms with E-state index in [-0.39, 0.29) is 18.4 Å². The second kappa shape index (κ2) is 10.8. The van der Waals surface area contributed by atoms with E-state index in [0.29, 0.717) is 23.6 Å². The number of carbonyl (C=O) groups is 2. The van der Waals surface area contributed by atoms with Crippen LogP contribution in [0.25, 0.3) is 0 Å². The molecular weight excluding hydrogens is 358 g/mol. The van der Waals surface area contributed by atoms with E-state index in [1.54, 1.807) is 18.2 Å². The summed E-state index contributed by atoms with van der Waals surface area (Å²) in [5.74, 6) is 0.426. The third kappa shape index (κ3) is 6.19. The number of nitrogens with one attached hydrogen (secondary N) is 2. The highest BCUT2D eigenvalue weighted by atomic mass is 16.5. The summed E-state index contributed by atoms with van der Waals surface area (Å²) in [5.41, 5.74) is 1.53. The van der Waals surface area contributed by atoms with E-state index in [9.17, 15) is 9.59 Å². The van der Waals surface area contributed by atoms with Crippen LogP contribution in [0.15, 0.2) is 48.5 Å². The third-order valence-corrected chi connectivity index (χ3v) is 4.24. The van der Waals surface area contributed by atoms with Crippen LogP contribution in [0.5, 0.6) is 11.5 Å². The lowest BCUT2D eigenvalue weighted by Crippen LogP contribution is -2.38. The van der Waals surface area contributed by atoms with E-state index in [4.69, 9.17) is 9.47 Å². The predicted octanol–water partition coefficient (Wildman–Crippen LogP) is 2.08. The van der Waals surface area contributed by atoms with E-state index in [0.717, 1.165) is 18.7 Å². The first-order valence-corrected chi connectivity index (χ1v) is 9.08. The Kier molecular flexibility index (Phi) is 8.14. The minimum absolute atomic E-state index is 0.0816. The van der Waals surface area contributed by atoms with Crippen LogP contribution >= 0.6 is 0 Å². The van der Waals surface area contributed by atoms with Crippen LogP contribution in [0.3, 0.4) is 0 Å². The van der Waals surface area contributed by atoms with Crippen molar-refractivity contribution in [1.29, 1.82) is 0 Å². The number of amides is 2. The van der Waals surface area contributed by atoms with E-state index >= 15 is 0 Å². The number of nitrogens with zero attached hydrogens (tertiary/aromatic N) is 1. The lowest BCUT2D eigenvalue weighted by Gasteiger charge is -2.19. The SMILES string of the molecule is COc1ccc(C(=O)NCC(=O)NCCCN(C)c2ccccc2)cc1OC. The minimum atomic E-state index is -0.347. The average molecular weight is 385 g/mol. The molecule has 2 aromatic rings. The average Bonchev–Trinajstić information content (AvgIpc) is 2.74. The number of hydrogen-bond acceptors (Lipinski definition) is 5. The molecule has 7 nitrogen and oxygen atoms in total. The molecule has 0 bridgehead atoms. The van der Waals surface area contributed by atoms with Gasteiger partial charge in [0.05, 0.1) is 20.8 Å². The fraction of sp³-hybridized carbons (Fsp3) is 0.333. The third-order valence-electron chi connectivity index (χ3n) is 4.24. The van der Waals surface area contributed by atoms with Gasteiger partial charge in [0.1, 0.15) is 0 Å². The molecule has 150 valence electrons.